The Labute approximate surface area is 207 Å². The number of carbonyl (C=O) groups is 2. The lowest BCUT2D eigenvalue weighted by molar-refractivity contribution is -0.133. The normalized spacial score (nSPS) is 22.4. The molecule has 2 aliphatic rings. The molecule has 0 unspecified atom stereocenters. The van der Waals surface area contributed by atoms with E-state index in [0.29, 0.717) is 19.5 Å². The zero-order valence-corrected chi connectivity index (χ0v) is 21.4. The summed E-state index contributed by atoms with van der Waals surface area (Å²) in [4.78, 5) is 34.1. The van der Waals surface area contributed by atoms with Crippen LogP contribution in [0.25, 0.3) is 10.9 Å². The van der Waals surface area contributed by atoms with Crippen LogP contribution in [0.15, 0.2) is 46.9 Å². The van der Waals surface area contributed by atoms with Crippen LogP contribution >= 0.6 is 15.9 Å². The highest BCUT2D eigenvalue weighted by molar-refractivity contribution is 9.10. The lowest BCUT2D eigenvalue weighted by Crippen LogP contribution is -2.53. The first-order chi connectivity index (χ1) is 16.0. The monoisotopic (exact) mass is 524 g/mol. The average molecular weight is 525 g/mol. The molecule has 1 aromatic heterocycles. The van der Waals surface area contributed by atoms with E-state index in [4.69, 9.17) is 0 Å². The molecule has 3 N–H and O–H groups in total. The summed E-state index contributed by atoms with van der Waals surface area (Å²) < 4.78 is 0.951. The van der Waals surface area contributed by atoms with Gasteiger partial charge in [0.05, 0.1) is 0 Å². The molecule has 8 heteroatoms. The summed E-state index contributed by atoms with van der Waals surface area (Å²) >= 11 is 3.57. The maximum Gasteiger partial charge on any atom is 0.328 e. The van der Waals surface area contributed by atoms with Crippen molar-refractivity contribution in [2.75, 3.05) is 13.1 Å². The number of phenolic OH excluding ortho intramolecular Hbond substituents is 1. The number of carbonyl (C=O) groups excluding carboxylic acids is 2. The minimum Gasteiger partial charge on any atom is -0.508 e. The highest BCUT2D eigenvalue weighted by atomic mass is 79.9. The Balaban J connectivity index is 1.64. The molecule has 0 radical (unpaired) electrons. The van der Waals surface area contributed by atoms with Gasteiger partial charge in [-0.3, -0.25) is 14.6 Å². The molecular formula is C26H29BrN4O3. The van der Waals surface area contributed by atoms with Gasteiger partial charge < -0.3 is 15.4 Å². The van der Waals surface area contributed by atoms with Crippen molar-refractivity contribution in [2.45, 2.75) is 51.2 Å². The molecule has 1 saturated heterocycles. The van der Waals surface area contributed by atoms with Gasteiger partial charge in [-0.25, -0.2) is 4.79 Å². The third kappa shape index (κ3) is 3.60. The summed E-state index contributed by atoms with van der Waals surface area (Å²) in [5.74, 6) is -0.0669. The van der Waals surface area contributed by atoms with Crippen LogP contribution in [-0.4, -0.2) is 56.0 Å². The fraction of sp³-hybridized carbons (Fsp3) is 0.385. The number of urea groups is 1. The Morgan fingerprint density at radius 3 is 2.68 bits per heavy atom. The fourth-order valence-electron chi connectivity index (χ4n) is 5.27. The SMILES string of the molecule is CC(C)(C)NCCN1C(=O)N2[C@H](c3cccc(O)c3)c3[nH]c4ccc(Br)cc4c3C[C@@]2(C)C1=O. The number of halogens is 1. The maximum atomic E-state index is 13.8. The van der Waals surface area contributed by atoms with Crippen molar-refractivity contribution < 1.29 is 14.7 Å². The van der Waals surface area contributed by atoms with E-state index in [1.54, 1.807) is 23.1 Å². The molecule has 34 heavy (non-hydrogen) atoms. The first kappa shape index (κ1) is 22.9. The average Bonchev–Trinajstić information content (AvgIpc) is 3.19. The summed E-state index contributed by atoms with van der Waals surface area (Å²) in [5.41, 5.74) is 2.48. The molecule has 7 nitrogen and oxygen atoms in total. The summed E-state index contributed by atoms with van der Waals surface area (Å²) in [7, 11) is 0. The lowest BCUT2D eigenvalue weighted by Gasteiger charge is -2.42. The third-order valence-electron chi connectivity index (χ3n) is 6.81. The molecule has 3 heterocycles. The molecule has 2 atom stereocenters. The molecule has 0 saturated carbocycles. The molecule has 3 amide bonds. The smallest absolute Gasteiger partial charge is 0.328 e. The topological polar surface area (TPSA) is 88.7 Å². The number of nitrogens with zero attached hydrogens (tertiary/aromatic N) is 2. The van der Waals surface area contributed by atoms with Gasteiger partial charge in [-0.1, -0.05) is 28.1 Å². The van der Waals surface area contributed by atoms with Crippen LogP contribution in [0.4, 0.5) is 4.79 Å². The Morgan fingerprint density at radius 1 is 1.21 bits per heavy atom. The standard InChI is InChI=1S/C26H29BrN4O3/c1-25(2,3)28-10-11-30-23(33)26(4)14-19-18-13-16(27)8-9-20(18)29-21(19)22(31(26)24(30)34)15-6-5-7-17(32)12-15/h5-9,12-13,22,28-29,32H,10-11,14H2,1-4H3/t22-,26+/m1/s1. The predicted octanol–water partition coefficient (Wildman–Crippen LogP) is 4.69. The van der Waals surface area contributed by atoms with Crippen molar-refractivity contribution in [3.8, 4) is 5.75 Å². The lowest BCUT2D eigenvalue weighted by atomic mass is 9.81. The highest BCUT2D eigenvalue weighted by Gasteiger charge is 2.60. The van der Waals surface area contributed by atoms with E-state index in [1.807, 2.05) is 25.1 Å². The second-order valence-corrected chi connectivity index (χ2v) is 11.4. The van der Waals surface area contributed by atoms with Crippen molar-refractivity contribution >= 4 is 38.8 Å². The number of hydrogen-bond acceptors (Lipinski definition) is 4. The number of aromatic amines is 1. The van der Waals surface area contributed by atoms with Gasteiger partial charge in [0.25, 0.3) is 5.91 Å². The zero-order chi connectivity index (χ0) is 24.4. The van der Waals surface area contributed by atoms with Crippen molar-refractivity contribution in [2.24, 2.45) is 0 Å². The van der Waals surface area contributed by atoms with Crippen LogP contribution in [-0.2, 0) is 11.2 Å². The van der Waals surface area contributed by atoms with Crippen LogP contribution < -0.4 is 5.32 Å². The van der Waals surface area contributed by atoms with Crippen LogP contribution in [0.5, 0.6) is 5.75 Å². The van der Waals surface area contributed by atoms with Gasteiger partial charge >= 0.3 is 6.03 Å². The molecule has 3 aromatic rings. The number of amides is 3. The van der Waals surface area contributed by atoms with Crippen LogP contribution in [0.3, 0.4) is 0 Å². The number of benzene rings is 2. The first-order valence-electron chi connectivity index (χ1n) is 11.5. The Morgan fingerprint density at radius 2 is 1.97 bits per heavy atom. The van der Waals surface area contributed by atoms with Gasteiger partial charge in [-0.15, -0.1) is 0 Å². The summed E-state index contributed by atoms with van der Waals surface area (Å²) in [6.45, 7) is 8.84. The number of fused-ring (bicyclic) bond motifs is 4. The second-order valence-electron chi connectivity index (χ2n) is 10.4. The van der Waals surface area contributed by atoms with E-state index < -0.39 is 11.6 Å². The van der Waals surface area contributed by atoms with Gasteiger partial charge in [0.1, 0.15) is 17.3 Å². The molecule has 2 aliphatic heterocycles. The Kier molecular flexibility index (Phi) is 5.29. The van der Waals surface area contributed by atoms with E-state index in [9.17, 15) is 14.7 Å². The molecule has 2 aromatic carbocycles. The zero-order valence-electron chi connectivity index (χ0n) is 19.8. The minimum atomic E-state index is -1.03. The van der Waals surface area contributed by atoms with Crippen molar-refractivity contribution in [1.82, 2.24) is 20.1 Å². The van der Waals surface area contributed by atoms with E-state index >= 15 is 0 Å². The number of phenols is 1. The van der Waals surface area contributed by atoms with E-state index in [-0.39, 0.29) is 23.2 Å². The Hall–Kier alpha value is -2.84. The van der Waals surface area contributed by atoms with Gasteiger partial charge in [-0.2, -0.15) is 0 Å². The molecule has 0 bridgehead atoms. The number of rotatable bonds is 4. The quantitative estimate of drug-likeness (QED) is 0.432. The van der Waals surface area contributed by atoms with Crippen LogP contribution in [0, 0.1) is 0 Å². The van der Waals surface area contributed by atoms with E-state index in [1.165, 1.54) is 4.90 Å². The summed E-state index contributed by atoms with van der Waals surface area (Å²) in [6.07, 6.45) is 0.419. The largest absolute Gasteiger partial charge is 0.508 e. The number of H-pyrrole nitrogens is 1. The fourth-order valence-corrected chi connectivity index (χ4v) is 5.63. The minimum absolute atomic E-state index is 0.114. The number of nitrogens with one attached hydrogen (secondary N) is 2. The van der Waals surface area contributed by atoms with Crippen molar-refractivity contribution in [1.29, 1.82) is 0 Å². The summed E-state index contributed by atoms with van der Waals surface area (Å²) in [5, 5.41) is 14.6. The van der Waals surface area contributed by atoms with Crippen LogP contribution in [0.1, 0.15) is 50.6 Å². The predicted molar refractivity (Wildman–Crippen MR) is 135 cm³/mol. The van der Waals surface area contributed by atoms with Gasteiger partial charge in [-0.05, 0) is 69.2 Å². The van der Waals surface area contributed by atoms with E-state index in [0.717, 1.165) is 32.2 Å². The third-order valence-corrected chi connectivity index (χ3v) is 7.30. The van der Waals surface area contributed by atoms with Gasteiger partial charge in [0.2, 0.25) is 0 Å². The molecule has 5 rings (SSSR count). The van der Waals surface area contributed by atoms with Gasteiger partial charge in [0.15, 0.2) is 0 Å². The first-order valence-corrected chi connectivity index (χ1v) is 12.3. The van der Waals surface area contributed by atoms with Crippen molar-refractivity contribution in [3.63, 3.8) is 0 Å². The summed E-state index contributed by atoms with van der Waals surface area (Å²) in [6, 6.07) is 12.1. The molecule has 0 aliphatic carbocycles. The van der Waals surface area contributed by atoms with Crippen LogP contribution in [0.2, 0.25) is 0 Å². The van der Waals surface area contributed by atoms with Crippen molar-refractivity contribution in [3.05, 3.63) is 63.8 Å². The number of imide groups is 1. The molecule has 1 fully saturated rings. The highest BCUT2D eigenvalue weighted by Crippen LogP contribution is 2.49. The molecule has 178 valence electrons. The van der Waals surface area contributed by atoms with Gasteiger partial charge in [0, 0.05) is 46.1 Å². The second kappa shape index (κ2) is 7.85. The van der Waals surface area contributed by atoms with E-state index in [2.05, 4.69) is 53.1 Å². The maximum absolute atomic E-state index is 13.8. The molecular weight excluding hydrogens is 496 g/mol. The number of hydrogen-bond donors (Lipinski definition) is 3. The number of aromatic nitrogens is 1. The Bertz CT molecular complexity index is 1310. The molecule has 0 spiro atoms. The number of aromatic hydroxyl groups is 1.